The van der Waals surface area contributed by atoms with E-state index in [0.717, 1.165) is 16.5 Å². The second-order valence-electron chi connectivity index (χ2n) is 6.02. The third kappa shape index (κ3) is 3.10. The Morgan fingerprint density at radius 3 is 3.08 bits per heavy atom. The number of nitrogens with zero attached hydrogens (tertiary/aromatic N) is 4. The molecule has 0 spiro atoms. The van der Waals surface area contributed by atoms with Gasteiger partial charge in [0.2, 0.25) is 5.91 Å². The van der Waals surface area contributed by atoms with Crippen molar-refractivity contribution in [2.45, 2.75) is 19.4 Å². The molecule has 0 saturated carbocycles. The van der Waals surface area contributed by atoms with Crippen molar-refractivity contribution < 1.29 is 14.1 Å². The SMILES string of the molecule is CC(=O)N1CCOC[C@H]1c1nc(Cc2cccc3cccnc23)no1. The number of carbonyl (C=O) groups is 1. The summed E-state index contributed by atoms with van der Waals surface area (Å²) in [5.41, 5.74) is 1.97. The Morgan fingerprint density at radius 2 is 2.20 bits per heavy atom. The minimum absolute atomic E-state index is 0.0219. The molecule has 7 nitrogen and oxygen atoms in total. The number of para-hydroxylation sites is 1. The van der Waals surface area contributed by atoms with Crippen LogP contribution in [0.25, 0.3) is 10.9 Å². The first-order chi connectivity index (χ1) is 12.2. The van der Waals surface area contributed by atoms with Gasteiger partial charge in [-0.1, -0.05) is 29.4 Å². The van der Waals surface area contributed by atoms with Crippen LogP contribution in [0.4, 0.5) is 0 Å². The Morgan fingerprint density at radius 1 is 1.32 bits per heavy atom. The van der Waals surface area contributed by atoms with E-state index >= 15 is 0 Å². The van der Waals surface area contributed by atoms with Crippen molar-refractivity contribution in [1.82, 2.24) is 20.0 Å². The highest BCUT2D eigenvalue weighted by Crippen LogP contribution is 2.24. The Hall–Kier alpha value is -2.80. The molecule has 1 saturated heterocycles. The predicted octanol–water partition coefficient (Wildman–Crippen LogP) is 2.13. The van der Waals surface area contributed by atoms with Crippen LogP contribution >= 0.6 is 0 Å². The third-order valence-corrected chi connectivity index (χ3v) is 4.37. The number of amides is 1. The summed E-state index contributed by atoms with van der Waals surface area (Å²) in [5.74, 6) is 0.964. The summed E-state index contributed by atoms with van der Waals surface area (Å²) < 4.78 is 10.9. The zero-order chi connectivity index (χ0) is 17.2. The molecule has 0 bridgehead atoms. The normalized spacial score (nSPS) is 17.8. The van der Waals surface area contributed by atoms with Crippen LogP contribution in [0.2, 0.25) is 0 Å². The molecule has 2 aromatic heterocycles. The van der Waals surface area contributed by atoms with Crippen molar-refractivity contribution in [1.29, 1.82) is 0 Å². The lowest BCUT2D eigenvalue weighted by atomic mass is 10.1. The second-order valence-corrected chi connectivity index (χ2v) is 6.02. The summed E-state index contributed by atoms with van der Waals surface area (Å²) in [6.45, 7) is 2.97. The molecule has 1 fully saturated rings. The van der Waals surface area contributed by atoms with Crippen molar-refractivity contribution in [2.75, 3.05) is 19.8 Å². The number of hydrogen-bond acceptors (Lipinski definition) is 6. The van der Waals surface area contributed by atoms with E-state index in [9.17, 15) is 4.79 Å². The summed E-state index contributed by atoms with van der Waals surface area (Å²) in [7, 11) is 0. The van der Waals surface area contributed by atoms with Gasteiger partial charge in [0.05, 0.1) is 18.7 Å². The lowest BCUT2D eigenvalue weighted by molar-refractivity contribution is -0.138. The molecule has 3 heterocycles. The Kier molecular flexibility index (Phi) is 4.15. The van der Waals surface area contributed by atoms with Gasteiger partial charge in [-0.3, -0.25) is 9.78 Å². The predicted molar refractivity (Wildman–Crippen MR) is 89.8 cm³/mol. The van der Waals surface area contributed by atoms with E-state index in [4.69, 9.17) is 9.26 Å². The number of pyridine rings is 1. The van der Waals surface area contributed by atoms with Gasteiger partial charge in [-0.15, -0.1) is 0 Å². The van der Waals surface area contributed by atoms with Crippen molar-refractivity contribution in [3.63, 3.8) is 0 Å². The quantitative estimate of drug-likeness (QED) is 0.728. The highest BCUT2D eigenvalue weighted by atomic mass is 16.5. The van der Waals surface area contributed by atoms with E-state index < -0.39 is 0 Å². The lowest BCUT2D eigenvalue weighted by Gasteiger charge is -2.32. The molecule has 4 rings (SSSR count). The molecule has 7 heteroatoms. The van der Waals surface area contributed by atoms with Gasteiger partial charge in [0.25, 0.3) is 5.89 Å². The maximum absolute atomic E-state index is 11.8. The van der Waals surface area contributed by atoms with E-state index in [1.807, 2.05) is 30.3 Å². The molecular formula is C18H18N4O3. The van der Waals surface area contributed by atoms with E-state index in [0.29, 0.717) is 37.9 Å². The lowest BCUT2D eigenvalue weighted by Crippen LogP contribution is -2.42. The summed E-state index contributed by atoms with van der Waals surface area (Å²) in [5, 5.41) is 5.16. The number of aromatic nitrogens is 3. The molecule has 0 radical (unpaired) electrons. The van der Waals surface area contributed by atoms with Gasteiger partial charge in [0, 0.05) is 31.5 Å². The molecule has 1 aliphatic rings. The number of fused-ring (bicyclic) bond motifs is 1. The molecule has 128 valence electrons. The van der Waals surface area contributed by atoms with Crippen molar-refractivity contribution >= 4 is 16.8 Å². The molecule has 1 aliphatic heterocycles. The standard InChI is InChI=1S/C18H18N4O3/c1-12(23)22-8-9-24-11-15(22)18-20-16(21-25-18)10-14-5-2-4-13-6-3-7-19-17(13)14/h2-7,15H,8-11H2,1H3/t15-/m0/s1. The smallest absolute Gasteiger partial charge is 0.251 e. The second kappa shape index (κ2) is 6.60. The first-order valence-electron chi connectivity index (χ1n) is 8.22. The van der Waals surface area contributed by atoms with Gasteiger partial charge in [-0.05, 0) is 11.6 Å². The maximum Gasteiger partial charge on any atom is 0.251 e. The zero-order valence-electron chi connectivity index (χ0n) is 13.9. The minimum Gasteiger partial charge on any atom is -0.377 e. The number of carbonyl (C=O) groups excluding carboxylic acids is 1. The van der Waals surface area contributed by atoms with Gasteiger partial charge >= 0.3 is 0 Å². The van der Waals surface area contributed by atoms with E-state index in [1.54, 1.807) is 11.1 Å². The fraction of sp³-hybridized carbons (Fsp3) is 0.333. The van der Waals surface area contributed by atoms with Crippen molar-refractivity contribution in [2.24, 2.45) is 0 Å². The molecule has 1 amide bonds. The Labute approximate surface area is 144 Å². The van der Waals surface area contributed by atoms with Crippen LogP contribution in [0, 0.1) is 0 Å². The van der Waals surface area contributed by atoms with E-state index in [1.165, 1.54) is 6.92 Å². The maximum atomic E-state index is 11.8. The Bertz CT molecular complexity index is 903. The zero-order valence-corrected chi connectivity index (χ0v) is 13.9. The summed E-state index contributed by atoms with van der Waals surface area (Å²) in [4.78, 5) is 22.4. The van der Waals surface area contributed by atoms with Crippen LogP contribution in [0.1, 0.15) is 30.2 Å². The van der Waals surface area contributed by atoms with Gasteiger partial charge in [0.15, 0.2) is 5.82 Å². The average molecular weight is 338 g/mol. The molecule has 1 atom stereocenters. The molecule has 0 N–H and O–H groups in total. The van der Waals surface area contributed by atoms with Crippen LogP contribution in [0.5, 0.6) is 0 Å². The minimum atomic E-state index is -0.321. The number of benzene rings is 1. The largest absolute Gasteiger partial charge is 0.377 e. The van der Waals surface area contributed by atoms with Gasteiger partial charge < -0.3 is 14.2 Å². The first kappa shape index (κ1) is 15.7. The molecule has 0 aliphatic carbocycles. The van der Waals surface area contributed by atoms with Crippen molar-refractivity contribution in [3.05, 3.63) is 53.8 Å². The number of rotatable bonds is 3. The fourth-order valence-corrected chi connectivity index (χ4v) is 3.14. The van der Waals surface area contributed by atoms with Gasteiger partial charge in [-0.25, -0.2) is 0 Å². The fourth-order valence-electron chi connectivity index (χ4n) is 3.14. The van der Waals surface area contributed by atoms with Gasteiger partial charge in [-0.2, -0.15) is 4.98 Å². The van der Waals surface area contributed by atoms with Crippen molar-refractivity contribution in [3.8, 4) is 0 Å². The van der Waals surface area contributed by atoms with E-state index in [-0.39, 0.29) is 11.9 Å². The topological polar surface area (TPSA) is 81.4 Å². The first-order valence-corrected chi connectivity index (χ1v) is 8.22. The Balaban J connectivity index is 1.60. The number of ether oxygens (including phenoxy) is 1. The molecule has 3 aromatic rings. The highest BCUT2D eigenvalue weighted by Gasteiger charge is 2.31. The highest BCUT2D eigenvalue weighted by molar-refractivity contribution is 5.81. The summed E-state index contributed by atoms with van der Waals surface area (Å²) >= 11 is 0. The summed E-state index contributed by atoms with van der Waals surface area (Å²) in [6, 6.07) is 9.65. The van der Waals surface area contributed by atoms with Crippen LogP contribution in [0.15, 0.2) is 41.1 Å². The number of hydrogen-bond donors (Lipinski definition) is 0. The van der Waals surface area contributed by atoms with E-state index in [2.05, 4.69) is 15.1 Å². The van der Waals surface area contributed by atoms with Crippen LogP contribution in [-0.4, -0.2) is 45.7 Å². The molecular weight excluding hydrogens is 320 g/mol. The number of morpholine rings is 1. The van der Waals surface area contributed by atoms with Crippen LogP contribution in [0.3, 0.4) is 0 Å². The molecule has 0 unspecified atom stereocenters. The molecule has 25 heavy (non-hydrogen) atoms. The molecule has 1 aromatic carbocycles. The van der Waals surface area contributed by atoms with Crippen LogP contribution in [-0.2, 0) is 16.0 Å². The summed E-state index contributed by atoms with van der Waals surface area (Å²) in [6.07, 6.45) is 2.29. The van der Waals surface area contributed by atoms with Gasteiger partial charge in [0.1, 0.15) is 6.04 Å². The monoisotopic (exact) mass is 338 g/mol. The average Bonchev–Trinajstić information content (AvgIpc) is 3.10. The van der Waals surface area contributed by atoms with Crippen LogP contribution < -0.4 is 0 Å². The third-order valence-electron chi connectivity index (χ3n) is 4.37.